The van der Waals surface area contributed by atoms with E-state index in [1.807, 2.05) is 44.5 Å². The van der Waals surface area contributed by atoms with Gasteiger partial charge in [0.25, 0.3) is 0 Å². The maximum Gasteiger partial charge on any atom is 0.315 e. The number of nitrogens with zero attached hydrogens (tertiary/aromatic N) is 1. The van der Waals surface area contributed by atoms with Crippen molar-refractivity contribution in [1.82, 2.24) is 4.57 Å². The number of ketones is 1. The molecule has 0 aromatic carbocycles. The Morgan fingerprint density at radius 1 is 1.29 bits per heavy atom. The van der Waals surface area contributed by atoms with Gasteiger partial charge in [-0.3, -0.25) is 9.59 Å². The monoisotopic (exact) mass is 345 g/mol. The van der Waals surface area contributed by atoms with E-state index in [1.54, 1.807) is 0 Å². The Morgan fingerprint density at radius 3 is 2.75 bits per heavy atom. The summed E-state index contributed by atoms with van der Waals surface area (Å²) in [6, 6.07) is 3.80. The first-order chi connectivity index (χ1) is 11.5. The number of carbonyl (C=O) groups is 2. The van der Waals surface area contributed by atoms with Crippen molar-refractivity contribution in [3.8, 4) is 0 Å². The van der Waals surface area contributed by atoms with Gasteiger partial charge in [0.2, 0.25) is 5.78 Å². The molecule has 0 amide bonds. The largest absolute Gasteiger partial charge is 0.462 e. The van der Waals surface area contributed by atoms with Crippen molar-refractivity contribution in [3.63, 3.8) is 0 Å². The minimum absolute atomic E-state index is 0.0321. The van der Waals surface area contributed by atoms with Gasteiger partial charge in [-0.1, -0.05) is 6.42 Å². The van der Waals surface area contributed by atoms with E-state index in [-0.39, 0.29) is 23.8 Å². The second kappa shape index (κ2) is 6.93. The number of aromatic nitrogens is 1. The Labute approximate surface area is 146 Å². The van der Waals surface area contributed by atoms with Gasteiger partial charge in [-0.25, -0.2) is 0 Å². The zero-order chi connectivity index (χ0) is 17.3. The molecule has 0 N–H and O–H groups in total. The van der Waals surface area contributed by atoms with Gasteiger partial charge < -0.3 is 9.30 Å². The van der Waals surface area contributed by atoms with Crippen LogP contribution in [0.25, 0.3) is 0 Å². The van der Waals surface area contributed by atoms with Gasteiger partial charge in [-0.15, -0.1) is 11.3 Å². The van der Waals surface area contributed by atoms with Gasteiger partial charge in [-0.05, 0) is 56.7 Å². The van der Waals surface area contributed by atoms with E-state index in [9.17, 15) is 9.59 Å². The highest BCUT2D eigenvalue weighted by Crippen LogP contribution is 2.31. The number of hydrogen-bond acceptors (Lipinski definition) is 4. The number of hydrogen-bond donors (Lipinski definition) is 0. The average Bonchev–Trinajstić information content (AvgIpc) is 3.08. The number of rotatable bonds is 4. The minimum Gasteiger partial charge on any atom is -0.462 e. The number of ether oxygens (including phenoxy) is 1. The molecule has 1 aliphatic heterocycles. The number of aryl methyl sites for hydroxylation is 2. The Morgan fingerprint density at radius 2 is 2.08 bits per heavy atom. The van der Waals surface area contributed by atoms with Crippen LogP contribution in [0.1, 0.15) is 65.5 Å². The lowest BCUT2D eigenvalue weighted by Crippen LogP contribution is -2.20. The third-order valence-electron chi connectivity index (χ3n) is 4.28. The third-order valence-corrected chi connectivity index (χ3v) is 5.33. The smallest absolute Gasteiger partial charge is 0.315 e. The van der Waals surface area contributed by atoms with Crippen molar-refractivity contribution in [2.24, 2.45) is 0 Å². The summed E-state index contributed by atoms with van der Waals surface area (Å²) in [7, 11) is 0. The molecule has 3 heterocycles. The van der Waals surface area contributed by atoms with Crippen LogP contribution in [0.15, 0.2) is 23.7 Å². The standard InChI is InChI=1S/C19H23NO3S/c1-12(2)23-19(22)15-6-4-5-7-20-10-14(9-16(15)20)18(21)17-8-13(3)11-24-17/h8-12,15H,4-7H2,1-3H3. The minimum atomic E-state index is -0.276. The molecule has 0 radical (unpaired) electrons. The second-order valence-corrected chi connectivity index (χ2v) is 7.61. The number of fused-ring (bicyclic) bond motifs is 1. The van der Waals surface area contributed by atoms with Gasteiger partial charge in [0.1, 0.15) is 0 Å². The topological polar surface area (TPSA) is 48.3 Å². The fourth-order valence-electron chi connectivity index (χ4n) is 3.16. The Bertz CT molecular complexity index is 757. The molecule has 0 saturated heterocycles. The molecule has 0 aliphatic carbocycles. The zero-order valence-corrected chi connectivity index (χ0v) is 15.2. The number of thiophene rings is 1. The highest BCUT2D eigenvalue weighted by Gasteiger charge is 2.29. The lowest BCUT2D eigenvalue weighted by molar-refractivity contribution is -0.149. The number of carbonyl (C=O) groups excluding carboxylic acids is 2. The van der Waals surface area contributed by atoms with E-state index in [4.69, 9.17) is 4.74 Å². The molecule has 2 aromatic heterocycles. The van der Waals surface area contributed by atoms with E-state index < -0.39 is 0 Å². The number of esters is 1. The van der Waals surface area contributed by atoms with Gasteiger partial charge >= 0.3 is 5.97 Å². The molecule has 1 aliphatic rings. The summed E-state index contributed by atoms with van der Waals surface area (Å²) in [5.74, 6) is -0.427. The lowest BCUT2D eigenvalue weighted by atomic mass is 9.99. The fraction of sp³-hybridized carbons (Fsp3) is 0.474. The highest BCUT2D eigenvalue weighted by molar-refractivity contribution is 7.12. The maximum absolute atomic E-state index is 12.7. The molecule has 3 rings (SSSR count). The summed E-state index contributed by atoms with van der Waals surface area (Å²) < 4.78 is 7.49. The predicted molar refractivity (Wildman–Crippen MR) is 94.7 cm³/mol. The first-order valence-electron chi connectivity index (χ1n) is 8.46. The van der Waals surface area contributed by atoms with E-state index in [0.29, 0.717) is 5.56 Å². The summed E-state index contributed by atoms with van der Waals surface area (Å²) in [6.45, 7) is 6.56. The quantitative estimate of drug-likeness (QED) is 0.613. The molecule has 24 heavy (non-hydrogen) atoms. The third kappa shape index (κ3) is 3.46. The van der Waals surface area contributed by atoms with Crippen LogP contribution in [0.2, 0.25) is 0 Å². The van der Waals surface area contributed by atoms with Crippen LogP contribution >= 0.6 is 11.3 Å². The fourth-order valence-corrected chi connectivity index (χ4v) is 4.02. The zero-order valence-electron chi connectivity index (χ0n) is 14.4. The van der Waals surface area contributed by atoms with Crippen molar-refractivity contribution in [3.05, 3.63) is 45.4 Å². The molecular weight excluding hydrogens is 322 g/mol. The van der Waals surface area contributed by atoms with Crippen LogP contribution in [0.5, 0.6) is 0 Å². The van der Waals surface area contributed by atoms with Crippen molar-refractivity contribution < 1.29 is 14.3 Å². The molecule has 0 saturated carbocycles. The van der Waals surface area contributed by atoms with Crippen molar-refractivity contribution in [1.29, 1.82) is 0 Å². The van der Waals surface area contributed by atoms with E-state index in [2.05, 4.69) is 4.57 Å². The molecule has 4 nitrogen and oxygen atoms in total. The first kappa shape index (κ1) is 17.0. The molecule has 128 valence electrons. The van der Waals surface area contributed by atoms with Crippen molar-refractivity contribution in [2.45, 2.75) is 58.6 Å². The van der Waals surface area contributed by atoms with Crippen LogP contribution in [0.4, 0.5) is 0 Å². The van der Waals surface area contributed by atoms with Crippen LogP contribution in [-0.2, 0) is 16.1 Å². The van der Waals surface area contributed by atoms with Gasteiger partial charge in [0.05, 0.1) is 16.9 Å². The predicted octanol–water partition coefficient (Wildman–Crippen LogP) is 4.31. The maximum atomic E-state index is 12.7. The van der Waals surface area contributed by atoms with E-state index in [0.717, 1.165) is 41.9 Å². The van der Waals surface area contributed by atoms with Crippen LogP contribution < -0.4 is 0 Å². The Balaban J connectivity index is 1.91. The summed E-state index contributed by atoms with van der Waals surface area (Å²) in [4.78, 5) is 25.9. The SMILES string of the molecule is Cc1csc(C(=O)c2cc3n(c2)CCCCC3C(=O)OC(C)C)c1. The molecule has 0 spiro atoms. The summed E-state index contributed by atoms with van der Waals surface area (Å²) in [5, 5.41) is 1.98. The van der Waals surface area contributed by atoms with Crippen molar-refractivity contribution in [2.75, 3.05) is 0 Å². The summed E-state index contributed by atoms with van der Waals surface area (Å²) in [6.07, 6.45) is 4.56. The molecule has 1 unspecified atom stereocenters. The lowest BCUT2D eigenvalue weighted by Gasteiger charge is -2.16. The van der Waals surface area contributed by atoms with E-state index >= 15 is 0 Å². The molecule has 5 heteroatoms. The summed E-state index contributed by atoms with van der Waals surface area (Å²) in [5.41, 5.74) is 2.67. The average molecular weight is 345 g/mol. The van der Waals surface area contributed by atoms with Crippen LogP contribution in [0.3, 0.4) is 0 Å². The molecule has 0 bridgehead atoms. The van der Waals surface area contributed by atoms with Crippen LogP contribution in [-0.4, -0.2) is 22.4 Å². The first-order valence-corrected chi connectivity index (χ1v) is 9.34. The van der Waals surface area contributed by atoms with Crippen molar-refractivity contribution >= 4 is 23.1 Å². The van der Waals surface area contributed by atoms with Gasteiger partial charge in [0, 0.05) is 24.0 Å². The van der Waals surface area contributed by atoms with E-state index in [1.165, 1.54) is 11.3 Å². The molecule has 1 atom stereocenters. The highest BCUT2D eigenvalue weighted by atomic mass is 32.1. The molecular formula is C19H23NO3S. The molecule has 2 aromatic rings. The summed E-state index contributed by atoms with van der Waals surface area (Å²) >= 11 is 1.47. The van der Waals surface area contributed by atoms with Crippen LogP contribution in [0, 0.1) is 6.92 Å². The second-order valence-electron chi connectivity index (χ2n) is 6.70. The molecule has 0 fully saturated rings. The Hall–Kier alpha value is -1.88. The van der Waals surface area contributed by atoms with Gasteiger partial charge in [0.15, 0.2) is 0 Å². The van der Waals surface area contributed by atoms with Gasteiger partial charge in [-0.2, -0.15) is 0 Å². The Kier molecular flexibility index (Phi) is 4.90. The normalized spacial score (nSPS) is 17.4.